The van der Waals surface area contributed by atoms with Gasteiger partial charge in [0.1, 0.15) is 12.6 Å². The second kappa shape index (κ2) is 8.09. The van der Waals surface area contributed by atoms with E-state index in [1.807, 2.05) is 54.6 Å². The van der Waals surface area contributed by atoms with Crippen LogP contribution in [0.15, 0.2) is 78.9 Å². The van der Waals surface area contributed by atoms with E-state index in [1.165, 1.54) is 12.1 Å². The van der Waals surface area contributed by atoms with Crippen LogP contribution in [0.2, 0.25) is 0 Å². The minimum absolute atomic E-state index is 0.0365. The molecule has 0 radical (unpaired) electrons. The van der Waals surface area contributed by atoms with Crippen molar-refractivity contribution in [2.75, 3.05) is 6.54 Å². The van der Waals surface area contributed by atoms with E-state index < -0.39 is 17.0 Å². The molecule has 4 aromatic rings. The normalized spacial score (nSPS) is 19.5. The van der Waals surface area contributed by atoms with E-state index >= 15 is 0 Å². The molecule has 3 aromatic carbocycles. The highest BCUT2D eigenvalue weighted by molar-refractivity contribution is 5.97. The summed E-state index contributed by atoms with van der Waals surface area (Å²) >= 11 is 0. The van der Waals surface area contributed by atoms with E-state index in [9.17, 15) is 19.7 Å². The lowest BCUT2D eigenvalue weighted by Crippen LogP contribution is -2.62. The van der Waals surface area contributed by atoms with Gasteiger partial charge in [-0.1, -0.05) is 60.7 Å². The maximum atomic E-state index is 13.7. The van der Waals surface area contributed by atoms with Crippen molar-refractivity contribution in [3.63, 3.8) is 0 Å². The lowest BCUT2D eigenvalue weighted by Gasteiger charge is -2.47. The number of nitrogens with one attached hydrogen (secondary N) is 1. The number of rotatable bonds is 4. The molecule has 174 valence electrons. The largest absolute Gasteiger partial charge is 0.356 e. The summed E-state index contributed by atoms with van der Waals surface area (Å²) in [6.07, 6.45) is 0.390. The number of carbonyl (C=O) groups is 2. The number of nitro benzene ring substituents is 1. The third-order valence-electron chi connectivity index (χ3n) is 6.96. The molecule has 1 aromatic heterocycles. The van der Waals surface area contributed by atoms with Crippen LogP contribution in [-0.2, 0) is 22.6 Å². The van der Waals surface area contributed by atoms with Crippen molar-refractivity contribution in [3.8, 4) is 0 Å². The third kappa shape index (κ3) is 3.45. The van der Waals surface area contributed by atoms with Crippen LogP contribution in [0.1, 0.15) is 28.4 Å². The highest BCUT2D eigenvalue weighted by atomic mass is 16.6. The van der Waals surface area contributed by atoms with Crippen LogP contribution in [0.3, 0.4) is 0 Å². The molecule has 0 spiro atoms. The van der Waals surface area contributed by atoms with Gasteiger partial charge in [0.05, 0.1) is 11.0 Å². The first-order valence-corrected chi connectivity index (χ1v) is 11.5. The summed E-state index contributed by atoms with van der Waals surface area (Å²) in [5.41, 5.74) is 4.20. The molecule has 2 aliphatic heterocycles. The van der Waals surface area contributed by atoms with E-state index in [1.54, 1.807) is 21.9 Å². The van der Waals surface area contributed by atoms with Crippen molar-refractivity contribution in [2.45, 2.75) is 25.0 Å². The van der Waals surface area contributed by atoms with Crippen LogP contribution >= 0.6 is 0 Å². The third-order valence-corrected chi connectivity index (χ3v) is 6.96. The summed E-state index contributed by atoms with van der Waals surface area (Å²) in [5.74, 6) is -0.286. The van der Waals surface area contributed by atoms with Gasteiger partial charge in [-0.2, -0.15) is 0 Å². The number of non-ortho nitro benzene ring substituents is 1. The number of benzene rings is 3. The molecule has 0 bridgehead atoms. The Labute approximate surface area is 200 Å². The molecule has 2 aliphatic rings. The molecule has 0 unspecified atom stereocenters. The summed E-state index contributed by atoms with van der Waals surface area (Å²) in [5, 5.41) is 12.5. The number of hydrogen-bond acceptors (Lipinski definition) is 4. The number of amides is 2. The molecule has 2 atom stereocenters. The zero-order valence-corrected chi connectivity index (χ0v) is 18.8. The summed E-state index contributed by atoms with van der Waals surface area (Å²) in [6, 6.07) is 22.5. The molecule has 3 heterocycles. The van der Waals surface area contributed by atoms with Gasteiger partial charge >= 0.3 is 0 Å². The van der Waals surface area contributed by atoms with Crippen molar-refractivity contribution in [1.29, 1.82) is 0 Å². The van der Waals surface area contributed by atoms with Crippen LogP contribution in [0.25, 0.3) is 10.9 Å². The first kappa shape index (κ1) is 21.1. The predicted octanol–water partition coefficient (Wildman–Crippen LogP) is 3.96. The number of para-hydroxylation sites is 1. The van der Waals surface area contributed by atoms with Gasteiger partial charge in [0.15, 0.2) is 0 Å². The first-order valence-electron chi connectivity index (χ1n) is 11.5. The fraction of sp³-hybridized carbons (Fsp3) is 0.185. The number of hydrogen-bond donors (Lipinski definition) is 1. The van der Waals surface area contributed by atoms with Crippen LogP contribution in [0.4, 0.5) is 5.69 Å². The lowest BCUT2D eigenvalue weighted by molar-refractivity contribution is -0.384. The molecule has 0 aliphatic carbocycles. The fourth-order valence-electron chi connectivity index (χ4n) is 5.42. The molecule has 35 heavy (non-hydrogen) atoms. The summed E-state index contributed by atoms with van der Waals surface area (Å²) in [7, 11) is 0. The Morgan fingerprint density at radius 3 is 2.54 bits per heavy atom. The average Bonchev–Trinajstić information content (AvgIpc) is 3.25. The van der Waals surface area contributed by atoms with E-state index in [2.05, 4.69) is 4.98 Å². The fourth-order valence-corrected chi connectivity index (χ4v) is 5.42. The van der Waals surface area contributed by atoms with Gasteiger partial charge in [-0.05, 0) is 22.8 Å². The Morgan fingerprint density at radius 1 is 0.971 bits per heavy atom. The summed E-state index contributed by atoms with van der Waals surface area (Å²) < 4.78 is 0. The van der Waals surface area contributed by atoms with Crippen LogP contribution in [0, 0.1) is 10.1 Å². The average molecular weight is 466 g/mol. The summed E-state index contributed by atoms with van der Waals surface area (Å²) in [4.78, 5) is 45.1. The number of piperazine rings is 1. The number of H-pyrrole nitrogens is 1. The number of nitrogens with zero attached hydrogens (tertiary/aromatic N) is 3. The smallest absolute Gasteiger partial charge is 0.269 e. The number of aromatic nitrogens is 1. The van der Waals surface area contributed by atoms with Crippen LogP contribution in [0.5, 0.6) is 0 Å². The Balaban J connectivity index is 1.48. The van der Waals surface area contributed by atoms with Gasteiger partial charge in [-0.3, -0.25) is 19.7 Å². The van der Waals surface area contributed by atoms with Gasteiger partial charge < -0.3 is 14.8 Å². The van der Waals surface area contributed by atoms with Gasteiger partial charge in [0.2, 0.25) is 11.8 Å². The zero-order chi connectivity index (χ0) is 24.1. The molecule has 1 N–H and O–H groups in total. The lowest BCUT2D eigenvalue weighted by atomic mass is 9.86. The number of fused-ring (bicyclic) bond motifs is 4. The van der Waals surface area contributed by atoms with Crippen molar-refractivity contribution >= 4 is 28.4 Å². The topological polar surface area (TPSA) is 99.5 Å². The zero-order valence-electron chi connectivity index (χ0n) is 18.8. The number of nitro groups is 1. The first-order chi connectivity index (χ1) is 17.0. The van der Waals surface area contributed by atoms with E-state index in [4.69, 9.17) is 0 Å². The Kier molecular flexibility index (Phi) is 4.88. The molecular formula is C27H22N4O4. The van der Waals surface area contributed by atoms with Gasteiger partial charge in [0, 0.05) is 41.7 Å². The Hall–Kier alpha value is -4.46. The standard InChI is InChI=1S/C27H22N4O4/c32-24-16-29(15-17-7-2-1-3-8-17)27(33)23-14-21-20-11-4-5-12-22(20)28-25(21)26(30(23)24)18-9-6-10-19(13-18)31(34)35/h1-13,23,26,28H,14-16H2/t23-,26+/m1/s1. The van der Waals surface area contributed by atoms with Gasteiger partial charge in [-0.15, -0.1) is 0 Å². The molecule has 0 saturated carbocycles. The van der Waals surface area contributed by atoms with Gasteiger partial charge in [-0.25, -0.2) is 0 Å². The minimum Gasteiger partial charge on any atom is -0.356 e. The van der Waals surface area contributed by atoms with E-state index in [-0.39, 0.29) is 24.0 Å². The van der Waals surface area contributed by atoms with Crippen LogP contribution in [-0.4, -0.2) is 44.1 Å². The maximum Gasteiger partial charge on any atom is 0.269 e. The number of carbonyl (C=O) groups excluding carboxylic acids is 2. The predicted molar refractivity (Wildman–Crippen MR) is 129 cm³/mol. The van der Waals surface area contributed by atoms with Crippen molar-refractivity contribution in [3.05, 3.63) is 111 Å². The second-order valence-electron chi connectivity index (χ2n) is 9.02. The van der Waals surface area contributed by atoms with Crippen molar-refractivity contribution in [2.24, 2.45) is 0 Å². The molecule has 8 nitrogen and oxygen atoms in total. The monoisotopic (exact) mass is 466 g/mol. The Morgan fingerprint density at radius 2 is 1.74 bits per heavy atom. The second-order valence-corrected chi connectivity index (χ2v) is 9.02. The Bertz CT molecular complexity index is 1480. The molecule has 8 heteroatoms. The molecule has 6 rings (SSSR count). The van der Waals surface area contributed by atoms with Gasteiger partial charge in [0.25, 0.3) is 5.69 Å². The molecule has 1 saturated heterocycles. The van der Waals surface area contributed by atoms with E-state index in [0.717, 1.165) is 27.7 Å². The SMILES string of the molecule is O=C1[C@H]2Cc3c([nH]c4ccccc34)[C@H](c3cccc([N+](=O)[O-])c3)N2C(=O)CN1Cc1ccccc1. The highest BCUT2D eigenvalue weighted by Gasteiger charge is 2.48. The van der Waals surface area contributed by atoms with Crippen molar-refractivity contribution < 1.29 is 14.5 Å². The highest BCUT2D eigenvalue weighted by Crippen LogP contribution is 2.43. The maximum absolute atomic E-state index is 13.7. The number of aromatic amines is 1. The molecule has 1 fully saturated rings. The molecule has 2 amide bonds. The van der Waals surface area contributed by atoms with E-state index in [0.29, 0.717) is 18.5 Å². The quantitative estimate of drug-likeness (QED) is 0.363. The minimum atomic E-state index is -0.684. The van der Waals surface area contributed by atoms with Crippen LogP contribution < -0.4 is 0 Å². The summed E-state index contributed by atoms with van der Waals surface area (Å²) in [6.45, 7) is 0.323. The molecular weight excluding hydrogens is 444 g/mol. The van der Waals surface area contributed by atoms with Crippen molar-refractivity contribution in [1.82, 2.24) is 14.8 Å².